The normalized spacial score (nSPS) is 17.6. The van der Waals surface area contributed by atoms with Crippen molar-refractivity contribution in [2.45, 2.75) is 39.5 Å². The molecule has 116 valence electrons. The van der Waals surface area contributed by atoms with Crippen molar-refractivity contribution in [3.05, 3.63) is 18.2 Å². The van der Waals surface area contributed by atoms with E-state index in [1.54, 1.807) is 17.3 Å². The highest BCUT2D eigenvalue weighted by atomic mass is 16.3. The fraction of sp³-hybridized carbons (Fsp3) is 0.667. The first-order chi connectivity index (χ1) is 10.1. The molecule has 6 nitrogen and oxygen atoms in total. The fourth-order valence-corrected chi connectivity index (χ4v) is 2.61. The van der Waals surface area contributed by atoms with Crippen molar-refractivity contribution in [3.63, 3.8) is 0 Å². The maximum absolute atomic E-state index is 12.2. The van der Waals surface area contributed by atoms with Crippen molar-refractivity contribution in [2.75, 3.05) is 25.0 Å². The maximum Gasteiger partial charge on any atom is 0.321 e. The molecule has 2 N–H and O–H groups in total. The third kappa shape index (κ3) is 3.69. The van der Waals surface area contributed by atoms with Crippen molar-refractivity contribution in [2.24, 2.45) is 5.41 Å². The smallest absolute Gasteiger partial charge is 0.321 e. The van der Waals surface area contributed by atoms with Crippen molar-refractivity contribution < 1.29 is 9.90 Å². The number of rotatable bonds is 4. The Hall–Kier alpha value is -1.69. The van der Waals surface area contributed by atoms with Crippen molar-refractivity contribution in [1.82, 2.24) is 14.9 Å². The fourth-order valence-electron chi connectivity index (χ4n) is 2.61. The summed E-state index contributed by atoms with van der Waals surface area (Å²) in [7, 11) is 0. The van der Waals surface area contributed by atoms with Gasteiger partial charge in [0.15, 0.2) is 0 Å². The van der Waals surface area contributed by atoms with Crippen LogP contribution in [0.5, 0.6) is 0 Å². The predicted octanol–water partition coefficient (Wildman–Crippen LogP) is 2.06. The van der Waals surface area contributed by atoms with E-state index in [0.717, 1.165) is 31.5 Å². The average molecular weight is 292 g/mol. The lowest BCUT2D eigenvalue weighted by molar-refractivity contribution is 0.0542. The number of anilines is 1. The van der Waals surface area contributed by atoms with Crippen molar-refractivity contribution in [1.29, 1.82) is 0 Å². The van der Waals surface area contributed by atoms with Crippen LogP contribution in [-0.4, -0.2) is 45.7 Å². The molecule has 2 rings (SSSR count). The highest BCUT2D eigenvalue weighted by Crippen LogP contribution is 2.34. The second-order valence-electron chi connectivity index (χ2n) is 5.67. The van der Waals surface area contributed by atoms with Crippen LogP contribution in [-0.2, 0) is 6.42 Å². The summed E-state index contributed by atoms with van der Waals surface area (Å²) < 4.78 is 0. The van der Waals surface area contributed by atoms with Gasteiger partial charge in [-0.3, -0.25) is 0 Å². The zero-order valence-corrected chi connectivity index (χ0v) is 12.8. The van der Waals surface area contributed by atoms with Crippen LogP contribution < -0.4 is 5.32 Å². The van der Waals surface area contributed by atoms with Gasteiger partial charge in [0.25, 0.3) is 0 Å². The Bertz CT molecular complexity index is 461. The Morgan fingerprint density at radius 2 is 1.95 bits per heavy atom. The molecule has 0 bridgehead atoms. The molecule has 0 atom stereocenters. The average Bonchev–Trinajstić information content (AvgIpc) is 2.55. The number of aryl methyl sites for hydroxylation is 1. The second kappa shape index (κ2) is 6.85. The summed E-state index contributed by atoms with van der Waals surface area (Å²) >= 11 is 0. The first-order valence-corrected chi connectivity index (χ1v) is 7.60. The Morgan fingerprint density at radius 3 is 2.43 bits per heavy atom. The second-order valence-corrected chi connectivity index (χ2v) is 5.67. The number of nitrogens with one attached hydrogen (secondary N) is 1. The van der Waals surface area contributed by atoms with Gasteiger partial charge in [0.1, 0.15) is 5.82 Å². The van der Waals surface area contributed by atoms with Gasteiger partial charge < -0.3 is 15.3 Å². The number of carbonyl (C=O) groups excluding carboxylic acids is 1. The highest BCUT2D eigenvalue weighted by Gasteiger charge is 2.33. The molecule has 0 radical (unpaired) electrons. The molecule has 1 aromatic heterocycles. The molecule has 1 aliphatic rings. The van der Waals surface area contributed by atoms with Gasteiger partial charge in [-0.15, -0.1) is 0 Å². The summed E-state index contributed by atoms with van der Waals surface area (Å²) in [5.41, 5.74) is 0.606. The van der Waals surface area contributed by atoms with Gasteiger partial charge in [-0.1, -0.05) is 13.8 Å². The van der Waals surface area contributed by atoms with Crippen LogP contribution in [0.2, 0.25) is 0 Å². The van der Waals surface area contributed by atoms with Gasteiger partial charge in [0, 0.05) is 26.1 Å². The summed E-state index contributed by atoms with van der Waals surface area (Å²) in [5, 5.41) is 12.3. The number of aromatic nitrogens is 2. The molecule has 0 saturated carbocycles. The number of aliphatic hydroxyl groups excluding tert-OH is 1. The van der Waals surface area contributed by atoms with Crippen molar-refractivity contribution >= 4 is 11.7 Å². The molecule has 1 saturated heterocycles. The Balaban J connectivity index is 1.89. The molecule has 21 heavy (non-hydrogen) atoms. The molecular formula is C15H24N4O2. The molecule has 6 heteroatoms. The summed E-state index contributed by atoms with van der Waals surface area (Å²) in [5.74, 6) is 0.765. The number of amides is 2. The number of carbonyl (C=O) groups is 1. The Morgan fingerprint density at radius 1 is 1.33 bits per heavy atom. The standard InChI is InChI=1S/C15H24N4O2/c1-3-13-16-9-12(10-17-13)18-14(21)19-7-5-15(4-2,11-20)6-8-19/h9-10,20H,3-8,11H2,1-2H3,(H,18,21). The third-order valence-electron chi connectivity index (χ3n) is 4.47. The molecule has 1 fully saturated rings. The lowest BCUT2D eigenvalue weighted by atomic mass is 9.77. The van der Waals surface area contributed by atoms with E-state index < -0.39 is 0 Å². The van der Waals surface area contributed by atoms with Gasteiger partial charge in [-0.25, -0.2) is 14.8 Å². The number of likely N-dealkylation sites (tertiary alicyclic amines) is 1. The third-order valence-corrected chi connectivity index (χ3v) is 4.47. The van der Waals surface area contributed by atoms with Gasteiger partial charge in [0.05, 0.1) is 18.1 Å². The van der Waals surface area contributed by atoms with Crippen LogP contribution in [0.4, 0.5) is 10.5 Å². The number of urea groups is 1. The van der Waals surface area contributed by atoms with Gasteiger partial charge in [-0.2, -0.15) is 0 Å². The molecule has 0 aromatic carbocycles. The predicted molar refractivity (Wildman–Crippen MR) is 81.0 cm³/mol. The zero-order valence-electron chi connectivity index (χ0n) is 12.8. The molecule has 1 aromatic rings. The van der Waals surface area contributed by atoms with Crippen molar-refractivity contribution in [3.8, 4) is 0 Å². The van der Waals surface area contributed by atoms with E-state index in [9.17, 15) is 9.90 Å². The van der Waals surface area contributed by atoms with Crippen LogP contribution in [0.1, 0.15) is 38.9 Å². The number of hydrogen-bond donors (Lipinski definition) is 2. The minimum absolute atomic E-state index is 0.0112. The van der Waals surface area contributed by atoms with E-state index in [1.165, 1.54) is 0 Å². The molecule has 0 spiro atoms. The van der Waals surface area contributed by atoms with Gasteiger partial charge in [0.2, 0.25) is 0 Å². The lowest BCUT2D eigenvalue weighted by Gasteiger charge is -2.40. The molecular weight excluding hydrogens is 268 g/mol. The highest BCUT2D eigenvalue weighted by molar-refractivity contribution is 5.89. The number of hydrogen-bond acceptors (Lipinski definition) is 4. The summed E-state index contributed by atoms with van der Waals surface area (Å²) in [6.45, 7) is 5.63. The molecule has 0 aliphatic carbocycles. The van der Waals surface area contributed by atoms with Crippen LogP contribution in [0.15, 0.2) is 12.4 Å². The molecule has 2 heterocycles. The number of aliphatic hydroxyl groups is 1. The van der Waals surface area contributed by atoms with E-state index in [-0.39, 0.29) is 18.1 Å². The summed E-state index contributed by atoms with van der Waals surface area (Å²) in [6.07, 6.45) is 6.69. The van der Waals surface area contributed by atoms with Crippen LogP contribution >= 0.6 is 0 Å². The van der Waals surface area contributed by atoms with Gasteiger partial charge in [-0.05, 0) is 24.7 Å². The van der Waals surface area contributed by atoms with E-state index in [0.29, 0.717) is 18.8 Å². The van der Waals surface area contributed by atoms with E-state index in [1.807, 2.05) is 6.92 Å². The quantitative estimate of drug-likeness (QED) is 0.890. The Kier molecular flexibility index (Phi) is 5.12. The minimum atomic E-state index is -0.120. The first kappa shape index (κ1) is 15.7. The lowest BCUT2D eigenvalue weighted by Crippen LogP contribution is -2.46. The SMILES string of the molecule is CCc1ncc(NC(=O)N2CCC(CC)(CO)CC2)cn1. The molecule has 0 unspecified atom stereocenters. The largest absolute Gasteiger partial charge is 0.396 e. The van der Waals surface area contributed by atoms with Crippen LogP contribution in [0.25, 0.3) is 0 Å². The van der Waals surface area contributed by atoms with Crippen LogP contribution in [0.3, 0.4) is 0 Å². The molecule has 2 amide bonds. The van der Waals surface area contributed by atoms with E-state index in [2.05, 4.69) is 22.2 Å². The number of piperidine rings is 1. The summed E-state index contributed by atoms with van der Waals surface area (Å²) in [4.78, 5) is 22.3. The maximum atomic E-state index is 12.2. The monoisotopic (exact) mass is 292 g/mol. The van der Waals surface area contributed by atoms with E-state index >= 15 is 0 Å². The topological polar surface area (TPSA) is 78.4 Å². The summed E-state index contributed by atoms with van der Waals surface area (Å²) in [6, 6.07) is -0.120. The minimum Gasteiger partial charge on any atom is -0.396 e. The first-order valence-electron chi connectivity index (χ1n) is 7.60. The van der Waals surface area contributed by atoms with Crippen LogP contribution in [0, 0.1) is 5.41 Å². The molecule has 1 aliphatic heterocycles. The Labute approximate surface area is 125 Å². The zero-order chi connectivity index (χ0) is 15.3. The van der Waals surface area contributed by atoms with Gasteiger partial charge >= 0.3 is 6.03 Å². The number of nitrogens with zero attached hydrogens (tertiary/aromatic N) is 3. The van der Waals surface area contributed by atoms with E-state index in [4.69, 9.17) is 0 Å².